The molecule has 12 heteroatoms. The van der Waals surface area contributed by atoms with E-state index >= 15 is 0 Å². The Hall–Kier alpha value is -2.01. The molecule has 0 radical (unpaired) electrons. The maximum atomic E-state index is 10.8. The number of benzene rings is 1. The Balaban J connectivity index is 1.39. The van der Waals surface area contributed by atoms with Crippen molar-refractivity contribution in [1.82, 2.24) is 9.97 Å². The second-order valence-corrected chi connectivity index (χ2v) is 9.38. The molecule has 3 aliphatic rings. The van der Waals surface area contributed by atoms with E-state index in [1.807, 2.05) is 35.2 Å². The first-order chi connectivity index (χ1) is 13.5. The summed E-state index contributed by atoms with van der Waals surface area (Å²) in [5, 5.41) is 17.3. The van der Waals surface area contributed by atoms with E-state index < -0.39 is 32.4 Å². The van der Waals surface area contributed by atoms with Crippen LogP contribution in [0, 0.1) is 0 Å². The van der Waals surface area contributed by atoms with Crippen LogP contribution < -0.4 is 15.5 Å². The zero-order valence-corrected chi connectivity index (χ0v) is 16.1. The van der Waals surface area contributed by atoms with Gasteiger partial charge in [0, 0.05) is 0 Å². The Morgan fingerprint density at radius 1 is 1.29 bits per heavy atom. The van der Waals surface area contributed by atoms with Gasteiger partial charge in [-0.05, 0) is 0 Å². The number of nitrogens with zero attached hydrogens (tertiary/aromatic N) is 3. The fourth-order valence-electron chi connectivity index (χ4n) is 3.74. The van der Waals surface area contributed by atoms with E-state index in [-0.39, 0.29) is 6.61 Å². The molecule has 0 saturated carbocycles. The third kappa shape index (κ3) is 3.10. The summed E-state index contributed by atoms with van der Waals surface area (Å²) in [7, 11) is -1.69. The molecular formula is C16H21BN5O5P. The molecule has 0 amide bonds. The van der Waals surface area contributed by atoms with Gasteiger partial charge in [-0.25, -0.2) is 0 Å². The summed E-state index contributed by atoms with van der Waals surface area (Å²) in [5.74, 6) is 1.26. The molecule has 2 aromatic rings. The maximum absolute atomic E-state index is 10.8. The van der Waals surface area contributed by atoms with Crippen molar-refractivity contribution in [1.29, 1.82) is 0 Å². The number of ether oxygens (including phenoxy) is 1. The standard InChI is InChI=1S/C16H21BN5O5P/c17-28(24)25-6-10-13(27-28)12(23)16(26-10)22-8-20-11-14(18-7-19-15(11)22)21-9-4-2-1-3-5-9/h1-5,7,10,12-13,16,20,23-24,28H,6,8,17H2,(H,18,19,21)/t10?,12?,13-,16?/m1/s1. The third-order valence-electron chi connectivity index (χ3n) is 5.05. The van der Waals surface area contributed by atoms with Gasteiger partial charge in [0.2, 0.25) is 0 Å². The summed E-state index contributed by atoms with van der Waals surface area (Å²) in [6.07, 6.45) is -1.22. The Morgan fingerprint density at radius 3 is 2.93 bits per heavy atom. The van der Waals surface area contributed by atoms with Crippen molar-refractivity contribution in [2.45, 2.75) is 24.5 Å². The van der Waals surface area contributed by atoms with Crippen LogP contribution in [0.25, 0.3) is 0 Å². The minimum atomic E-state index is -3.22. The SMILES string of the molecule is B[PH]1(O)OCC2OC(N3CNc4c(Nc5ccccc5)ncnc43)C(O)[C@@H]2O1. The summed E-state index contributed by atoms with van der Waals surface area (Å²) in [5.41, 5.74) is 1.64. The Kier molecular flexibility index (Phi) is 4.39. The summed E-state index contributed by atoms with van der Waals surface area (Å²) in [4.78, 5) is 20.6. The Morgan fingerprint density at radius 2 is 2.11 bits per heavy atom. The molecule has 10 nitrogen and oxygen atoms in total. The third-order valence-corrected chi connectivity index (χ3v) is 6.46. The van der Waals surface area contributed by atoms with Crippen LogP contribution >= 0.6 is 7.82 Å². The molecule has 1 aromatic heterocycles. The van der Waals surface area contributed by atoms with E-state index in [4.69, 9.17) is 13.8 Å². The van der Waals surface area contributed by atoms with Crippen LogP contribution in [0.1, 0.15) is 0 Å². The van der Waals surface area contributed by atoms with Gasteiger partial charge in [-0.15, -0.1) is 0 Å². The zero-order valence-electron chi connectivity index (χ0n) is 15.1. The van der Waals surface area contributed by atoms with E-state index in [9.17, 15) is 10.00 Å². The molecule has 5 rings (SSSR count). The molecule has 2 fully saturated rings. The fourth-order valence-corrected chi connectivity index (χ4v) is 5.08. The normalized spacial score (nSPS) is 31.6. The van der Waals surface area contributed by atoms with Gasteiger partial charge in [-0.2, -0.15) is 0 Å². The minimum absolute atomic E-state index is 0.191. The summed E-state index contributed by atoms with van der Waals surface area (Å²) < 4.78 is 16.9. The second-order valence-electron chi connectivity index (χ2n) is 7.06. The first-order valence-electron chi connectivity index (χ1n) is 9.07. The van der Waals surface area contributed by atoms with Crippen LogP contribution in [-0.4, -0.2) is 65.3 Å². The van der Waals surface area contributed by atoms with Crippen molar-refractivity contribution in [2.75, 3.05) is 28.8 Å². The van der Waals surface area contributed by atoms with E-state index in [1.165, 1.54) is 13.9 Å². The molecular weight excluding hydrogens is 384 g/mol. The average Bonchev–Trinajstić information content (AvgIpc) is 3.24. The van der Waals surface area contributed by atoms with Crippen molar-refractivity contribution >= 4 is 38.4 Å². The predicted octanol–water partition coefficient (Wildman–Crippen LogP) is -0.0539. The van der Waals surface area contributed by atoms with E-state index in [1.54, 1.807) is 0 Å². The van der Waals surface area contributed by atoms with Crippen LogP contribution in [0.3, 0.4) is 0 Å². The summed E-state index contributed by atoms with van der Waals surface area (Å²) in [6.45, 7) is 0.587. The van der Waals surface area contributed by atoms with E-state index in [0.717, 1.165) is 11.4 Å². The molecule has 4 heterocycles. The van der Waals surface area contributed by atoms with Gasteiger partial charge in [0.1, 0.15) is 0 Å². The molecule has 0 bridgehead atoms. The molecule has 0 aliphatic carbocycles. The van der Waals surface area contributed by atoms with Crippen molar-refractivity contribution in [2.24, 2.45) is 0 Å². The first-order valence-corrected chi connectivity index (χ1v) is 11.3. The van der Waals surface area contributed by atoms with Crippen LogP contribution in [0.15, 0.2) is 36.7 Å². The second kappa shape index (κ2) is 6.80. The van der Waals surface area contributed by atoms with Crippen molar-refractivity contribution in [3.8, 4) is 0 Å². The number of aliphatic hydroxyl groups is 1. The molecule has 0 spiro atoms. The summed E-state index contributed by atoms with van der Waals surface area (Å²) >= 11 is 0. The van der Waals surface area contributed by atoms with Gasteiger partial charge in [0.25, 0.3) is 0 Å². The van der Waals surface area contributed by atoms with Crippen LogP contribution in [-0.2, 0) is 13.8 Å². The molecule has 4 atom stereocenters. The van der Waals surface area contributed by atoms with Gasteiger partial charge >= 0.3 is 156 Å². The molecule has 148 valence electrons. The number of aromatic nitrogens is 2. The number of aliphatic hydroxyl groups excluding tert-OH is 1. The van der Waals surface area contributed by atoms with Gasteiger partial charge in [-0.3, -0.25) is 0 Å². The van der Waals surface area contributed by atoms with E-state index in [0.29, 0.717) is 18.3 Å². The van der Waals surface area contributed by atoms with Crippen LogP contribution in [0.5, 0.6) is 0 Å². The van der Waals surface area contributed by atoms with Crippen molar-refractivity contribution in [3.63, 3.8) is 0 Å². The van der Waals surface area contributed by atoms with Crippen molar-refractivity contribution < 1.29 is 23.8 Å². The average molecular weight is 405 g/mol. The molecule has 2 saturated heterocycles. The number of anilines is 4. The van der Waals surface area contributed by atoms with Crippen molar-refractivity contribution in [3.05, 3.63) is 36.7 Å². The van der Waals surface area contributed by atoms with E-state index in [2.05, 4.69) is 20.6 Å². The molecule has 3 aliphatic heterocycles. The zero-order chi connectivity index (χ0) is 19.3. The van der Waals surface area contributed by atoms with Crippen LogP contribution in [0.4, 0.5) is 23.0 Å². The first kappa shape index (κ1) is 18.1. The number of nitrogens with one attached hydrogen (secondary N) is 2. The number of para-hydroxylation sites is 1. The molecule has 28 heavy (non-hydrogen) atoms. The number of fused-ring (bicyclic) bond motifs is 2. The Bertz CT molecular complexity index is 878. The molecule has 4 N–H and O–H groups in total. The van der Waals surface area contributed by atoms with Crippen LogP contribution in [0.2, 0.25) is 0 Å². The van der Waals surface area contributed by atoms with Gasteiger partial charge < -0.3 is 0 Å². The fraction of sp³-hybridized carbons (Fsp3) is 0.375. The predicted molar refractivity (Wildman–Crippen MR) is 107 cm³/mol. The van der Waals surface area contributed by atoms with Gasteiger partial charge in [0.05, 0.1) is 0 Å². The summed E-state index contributed by atoms with van der Waals surface area (Å²) in [6, 6.07) is 9.72. The Labute approximate surface area is 162 Å². The molecule has 1 aromatic carbocycles. The number of hydrogen-bond donors (Lipinski definition) is 4. The quantitative estimate of drug-likeness (QED) is 0.409. The van der Waals surface area contributed by atoms with Gasteiger partial charge in [0.15, 0.2) is 0 Å². The monoisotopic (exact) mass is 405 g/mol. The van der Waals surface area contributed by atoms with Gasteiger partial charge in [-0.1, -0.05) is 6.07 Å². The molecule has 3 unspecified atom stereocenters. The number of hydrogen-bond acceptors (Lipinski definition) is 10. The number of rotatable bonds is 3. The topological polar surface area (TPSA) is 121 Å².